The monoisotopic (exact) mass is 376 g/mol. The Balaban J connectivity index is 2.12. The third-order valence-electron chi connectivity index (χ3n) is 3.88. The molecule has 0 unspecified atom stereocenters. The van der Waals surface area contributed by atoms with Gasteiger partial charge in [0.1, 0.15) is 5.82 Å². The van der Waals surface area contributed by atoms with E-state index >= 15 is 0 Å². The van der Waals surface area contributed by atoms with Crippen molar-refractivity contribution in [1.29, 1.82) is 0 Å². The lowest BCUT2D eigenvalue weighted by molar-refractivity contribution is 0.0997. The van der Waals surface area contributed by atoms with Crippen LogP contribution in [0.2, 0.25) is 0 Å². The molecular formula is C18H17FN2O4S. The molecule has 0 aliphatic heterocycles. The molecule has 0 fully saturated rings. The molecule has 0 saturated carbocycles. The molecule has 0 aliphatic rings. The van der Waals surface area contributed by atoms with E-state index in [9.17, 15) is 9.18 Å². The predicted octanol–water partition coefficient (Wildman–Crippen LogP) is 3.15. The number of ether oxygens (including phenoxy) is 3. The molecule has 6 nitrogen and oxygen atoms in total. The van der Waals surface area contributed by atoms with Crippen LogP contribution in [0.3, 0.4) is 0 Å². The van der Waals surface area contributed by atoms with Crippen LogP contribution in [0.25, 0.3) is 10.2 Å². The van der Waals surface area contributed by atoms with Gasteiger partial charge in [0.2, 0.25) is 5.75 Å². The second-order valence-corrected chi connectivity index (χ2v) is 6.37. The summed E-state index contributed by atoms with van der Waals surface area (Å²) in [6.45, 7) is 0. The van der Waals surface area contributed by atoms with Gasteiger partial charge in [0.25, 0.3) is 5.91 Å². The first-order chi connectivity index (χ1) is 12.5. The summed E-state index contributed by atoms with van der Waals surface area (Å²) < 4.78 is 32.0. The molecule has 2 aromatic carbocycles. The lowest BCUT2D eigenvalue weighted by atomic mass is 10.1. The number of benzene rings is 2. The standard InChI is InChI=1S/C18H17FN2O4S/c1-21-15-11(19)6-5-7-14(15)26-18(21)20-17(22)10-8-12(23-2)16(25-4)13(9-10)24-3/h5-9H,1-4H3. The number of fused-ring (bicyclic) bond motifs is 1. The van der Waals surface area contributed by atoms with Crippen LogP contribution in [0.1, 0.15) is 10.4 Å². The molecule has 0 radical (unpaired) electrons. The van der Waals surface area contributed by atoms with Crippen LogP contribution in [0, 0.1) is 5.82 Å². The van der Waals surface area contributed by atoms with Crippen molar-refractivity contribution < 1.29 is 23.4 Å². The Morgan fingerprint density at radius 3 is 2.31 bits per heavy atom. The zero-order valence-corrected chi connectivity index (χ0v) is 15.5. The molecule has 8 heteroatoms. The third-order valence-corrected chi connectivity index (χ3v) is 4.98. The van der Waals surface area contributed by atoms with Gasteiger partial charge < -0.3 is 18.8 Å². The number of aryl methyl sites for hydroxylation is 1. The number of hydrogen-bond donors (Lipinski definition) is 0. The van der Waals surface area contributed by atoms with Gasteiger partial charge in [0, 0.05) is 12.6 Å². The first kappa shape index (κ1) is 17.9. The summed E-state index contributed by atoms with van der Waals surface area (Å²) in [7, 11) is 6.09. The molecule has 1 aromatic heterocycles. The van der Waals surface area contributed by atoms with Gasteiger partial charge in [0.15, 0.2) is 16.3 Å². The highest BCUT2D eigenvalue weighted by atomic mass is 32.1. The maximum absolute atomic E-state index is 14.0. The van der Waals surface area contributed by atoms with E-state index < -0.39 is 5.91 Å². The van der Waals surface area contributed by atoms with Gasteiger partial charge in [-0.25, -0.2) is 4.39 Å². The van der Waals surface area contributed by atoms with Gasteiger partial charge in [-0.1, -0.05) is 17.4 Å². The molecule has 1 heterocycles. The number of methoxy groups -OCH3 is 3. The number of rotatable bonds is 4. The average molecular weight is 376 g/mol. The average Bonchev–Trinajstić information content (AvgIpc) is 2.97. The van der Waals surface area contributed by atoms with Crippen molar-refractivity contribution in [2.75, 3.05) is 21.3 Å². The van der Waals surface area contributed by atoms with Crippen LogP contribution in [0.4, 0.5) is 4.39 Å². The number of amides is 1. The summed E-state index contributed by atoms with van der Waals surface area (Å²) in [6.07, 6.45) is 0. The van der Waals surface area contributed by atoms with Gasteiger partial charge in [-0.15, -0.1) is 0 Å². The summed E-state index contributed by atoms with van der Waals surface area (Å²) in [5.41, 5.74) is 0.686. The largest absolute Gasteiger partial charge is 0.493 e. The van der Waals surface area contributed by atoms with Crippen LogP contribution in [0.5, 0.6) is 17.2 Å². The number of carbonyl (C=O) groups is 1. The molecule has 0 atom stereocenters. The van der Waals surface area contributed by atoms with Crippen molar-refractivity contribution in [3.8, 4) is 17.2 Å². The number of carbonyl (C=O) groups excluding carboxylic acids is 1. The minimum Gasteiger partial charge on any atom is -0.493 e. The number of thiazole rings is 1. The zero-order valence-electron chi connectivity index (χ0n) is 14.7. The first-order valence-electron chi connectivity index (χ1n) is 7.63. The smallest absolute Gasteiger partial charge is 0.279 e. The van der Waals surface area contributed by atoms with Crippen molar-refractivity contribution in [1.82, 2.24) is 4.57 Å². The van der Waals surface area contributed by atoms with Gasteiger partial charge in [-0.05, 0) is 24.3 Å². The fourth-order valence-electron chi connectivity index (χ4n) is 2.62. The van der Waals surface area contributed by atoms with Crippen LogP contribution < -0.4 is 19.0 Å². The minimum atomic E-state index is -0.494. The second kappa shape index (κ2) is 7.17. The summed E-state index contributed by atoms with van der Waals surface area (Å²) >= 11 is 1.24. The highest BCUT2D eigenvalue weighted by molar-refractivity contribution is 7.16. The highest BCUT2D eigenvalue weighted by Gasteiger charge is 2.17. The number of para-hydroxylation sites is 1. The van der Waals surface area contributed by atoms with Gasteiger partial charge >= 0.3 is 0 Å². The van der Waals surface area contributed by atoms with Gasteiger partial charge in [-0.3, -0.25) is 4.79 Å². The summed E-state index contributed by atoms with van der Waals surface area (Å²) in [6, 6.07) is 7.84. The molecule has 0 aliphatic carbocycles. The van der Waals surface area contributed by atoms with Crippen LogP contribution in [-0.4, -0.2) is 31.8 Å². The maximum atomic E-state index is 14.0. The predicted molar refractivity (Wildman–Crippen MR) is 96.7 cm³/mol. The first-order valence-corrected chi connectivity index (χ1v) is 8.45. The fraction of sp³-hybridized carbons (Fsp3) is 0.222. The Morgan fingerprint density at radius 2 is 1.77 bits per heavy atom. The Labute approximate surface area is 153 Å². The van der Waals surface area contributed by atoms with Gasteiger partial charge in [-0.2, -0.15) is 4.99 Å². The van der Waals surface area contributed by atoms with Gasteiger partial charge in [0.05, 0.1) is 31.5 Å². The van der Waals surface area contributed by atoms with E-state index in [4.69, 9.17) is 14.2 Å². The zero-order chi connectivity index (χ0) is 18.8. The van der Waals surface area contributed by atoms with Crippen molar-refractivity contribution in [2.24, 2.45) is 12.0 Å². The molecular weight excluding hydrogens is 359 g/mol. The lowest BCUT2D eigenvalue weighted by Crippen LogP contribution is -2.14. The highest BCUT2D eigenvalue weighted by Crippen LogP contribution is 2.38. The van der Waals surface area contributed by atoms with E-state index in [2.05, 4.69) is 4.99 Å². The normalized spacial score (nSPS) is 11.7. The molecule has 0 bridgehead atoms. The van der Waals surface area contributed by atoms with E-state index in [1.165, 1.54) is 50.9 Å². The Kier molecular flexibility index (Phi) is 4.94. The SMILES string of the molecule is COc1cc(C(=O)N=c2sc3cccc(F)c3n2C)cc(OC)c1OC. The van der Waals surface area contributed by atoms with E-state index in [1.54, 1.807) is 23.7 Å². The summed E-state index contributed by atoms with van der Waals surface area (Å²) in [5.74, 6) is 0.255. The molecule has 26 heavy (non-hydrogen) atoms. The molecule has 0 saturated heterocycles. The van der Waals surface area contributed by atoms with Crippen LogP contribution >= 0.6 is 11.3 Å². The van der Waals surface area contributed by atoms with Crippen LogP contribution in [-0.2, 0) is 7.05 Å². The summed E-state index contributed by atoms with van der Waals surface area (Å²) in [4.78, 5) is 17.2. The van der Waals surface area contributed by atoms with E-state index in [1.807, 2.05) is 0 Å². The van der Waals surface area contributed by atoms with E-state index in [0.29, 0.717) is 32.3 Å². The van der Waals surface area contributed by atoms with E-state index in [0.717, 1.165) is 0 Å². The number of hydrogen-bond acceptors (Lipinski definition) is 5. The minimum absolute atomic E-state index is 0.275. The van der Waals surface area contributed by atoms with Crippen molar-refractivity contribution in [2.45, 2.75) is 0 Å². The van der Waals surface area contributed by atoms with Crippen LogP contribution in [0.15, 0.2) is 35.3 Å². The van der Waals surface area contributed by atoms with Crippen molar-refractivity contribution in [3.05, 3.63) is 46.5 Å². The summed E-state index contributed by atoms with van der Waals surface area (Å²) in [5, 5.41) is 0. The Bertz CT molecular complexity index is 1030. The van der Waals surface area contributed by atoms with Crippen molar-refractivity contribution >= 4 is 27.5 Å². The Morgan fingerprint density at radius 1 is 1.12 bits per heavy atom. The lowest BCUT2D eigenvalue weighted by Gasteiger charge is -2.12. The molecule has 136 valence electrons. The number of halogens is 1. The second-order valence-electron chi connectivity index (χ2n) is 5.36. The number of nitrogens with zero attached hydrogens (tertiary/aromatic N) is 2. The maximum Gasteiger partial charge on any atom is 0.279 e. The molecule has 3 aromatic rings. The molecule has 1 amide bonds. The Hall–Kier alpha value is -2.87. The molecule has 3 rings (SSSR count). The third kappa shape index (κ3) is 3.03. The molecule has 0 spiro atoms. The number of aromatic nitrogens is 1. The van der Waals surface area contributed by atoms with Crippen molar-refractivity contribution in [3.63, 3.8) is 0 Å². The quantitative estimate of drug-likeness (QED) is 0.702. The fourth-order valence-corrected chi connectivity index (χ4v) is 3.65. The topological polar surface area (TPSA) is 62.0 Å². The molecule has 0 N–H and O–H groups in total. The van der Waals surface area contributed by atoms with E-state index in [-0.39, 0.29) is 11.4 Å².